The predicted octanol–water partition coefficient (Wildman–Crippen LogP) is 3.17. The number of rotatable bonds is 5. The van der Waals surface area contributed by atoms with Crippen molar-refractivity contribution >= 4 is 17.4 Å². The molecule has 122 valence electrons. The Kier molecular flexibility index (Phi) is 5.53. The molecule has 2 aromatic rings. The van der Waals surface area contributed by atoms with Gasteiger partial charge in [-0.05, 0) is 49.2 Å². The maximum Gasteiger partial charge on any atom is 0.267 e. The van der Waals surface area contributed by atoms with Gasteiger partial charge in [-0.1, -0.05) is 6.07 Å². The maximum atomic E-state index is 12.3. The van der Waals surface area contributed by atoms with Crippen molar-refractivity contribution in [3.63, 3.8) is 0 Å². The first-order chi connectivity index (χ1) is 11.5. The number of nitriles is 1. The van der Waals surface area contributed by atoms with Crippen molar-refractivity contribution in [2.45, 2.75) is 13.8 Å². The van der Waals surface area contributed by atoms with E-state index in [1.165, 1.54) is 13.3 Å². The minimum atomic E-state index is -0.526. The highest BCUT2D eigenvalue weighted by molar-refractivity contribution is 6.07. The summed E-state index contributed by atoms with van der Waals surface area (Å²) in [6.07, 6.45) is 2.98. The van der Waals surface area contributed by atoms with Gasteiger partial charge in [-0.3, -0.25) is 4.79 Å². The lowest BCUT2D eigenvalue weighted by Crippen LogP contribution is -2.15. The van der Waals surface area contributed by atoms with Crippen molar-refractivity contribution in [2.75, 3.05) is 17.7 Å². The van der Waals surface area contributed by atoms with Gasteiger partial charge in [0.05, 0.1) is 12.8 Å². The van der Waals surface area contributed by atoms with Crippen LogP contribution in [0, 0.1) is 25.2 Å². The number of hydrogen-bond acceptors (Lipinski definition) is 5. The molecule has 6 heteroatoms. The standard InChI is InChI=1S/C18H18N4O2/c1-12-4-5-16(24-3)15(8-12)22-18(23)14(10-19)11-21-17-9-13(2)6-7-20-17/h4-9,11H,1-3H3,(H,20,21)(H,22,23)/b14-11-. The molecular weight excluding hydrogens is 304 g/mol. The zero-order chi connectivity index (χ0) is 17.5. The third kappa shape index (κ3) is 4.34. The molecule has 1 aromatic heterocycles. The number of benzene rings is 1. The first kappa shape index (κ1) is 17.0. The highest BCUT2D eigenvalue weighted by Crippen LogP contribution is 2.25. The van der Waals surface area contributed by atoms with E-state index in [1.807, 2.05) is 38.1 Å². The molecular formula is C18H18N4O2. The van der Waals surface area contributed by atoms with Crippen LogP contribution in [0.2, 0.25) is 0 Å². The molecule has 1 heterocycles. The zero-order valence-corrected chi connectivity index (χ0v) is 13.8. The van der Waals surface area contributed by atoms with Crippen molar-refractivity contribution in [3.8, 4) is 11.8 Å². The van der Waals surface area contributed by atoms with Crippen LogP contribution in [0.3, 0.4) is 0 Å². The monoisotopic (exact) mass is 322 g/mol. The van der Waals surface area contributed by atoms with Crippen LogP contribution >= 0.6 is 0 Å². The molecule has 0 radical (unpaired) electrons. The fraction of sp³-hybridized carbons (Fsp3) is 0.167. The van der Waals surface area contributed by atoms with Crippen molar-refractivity contribution < 1.29 is 9.53 Å². The van der Waals surface area contributed by atoms with Crippen molar-refractivity contribution in [1.82, 2.24) is 4.98 Å². The summed E-state index contributed by atoms with van der Waals surface area (Å²) in [4.78, 5) is 16.4. The lowest BCUT2D eigenvalue weighted by atomic mass is 10.2. The number of amides is 1. The third-order valence-electron chi connectivity index (χ3n) is 3.25. The summed E-state index contributed by atoms with van der Waals surface area (Å²) in [5, 5.41) is 14.8. The molecule has 0 bridgehead atoms. The Morgan fingerprint density at radius 2 is 2.00 bits per heavy atom. The summed E-state index contributed by atoms with van der Waals surface area (Å²) in [5.41, 5.74) is 2.43. The molecule has 24 heavy (non-hydrogen) atoms. The molecule has 0 aliphatic rings. The molecule has 2 N–H and O–H groups in total. The number of hydrogen-bond donors (Lipinski definition) is 2. The Balaban J connectivity index is 2.16. The molecule has 0 aliphatic heterocycles. The van der Waals surface area contributed by atoms with Crippen LogP contribution in [0.15, 0.2) is 48.3 Å². The van der Waals surface area contributed by atoms with E-state index in [0.29, 0.717) is 17.3 Å². The Morgan fingerprint density at radius 3 is 2.67 bits per heavy atom. The van der Waals surface area contributed by atoms with Crippen molar-refractivity contribution in [2.24, 2.45) is 0 Å². The summed E-state index contributed by atoms with van der Waals surface area (Å²) < 4.78 is 5.21. The smallest absolute Gasteiger partial charge is 0.267 e. The summed E-state index contributed by atoms with van der Waals surface area (Å²) in [6.45, 7) is 3.83. The number of methoxy groups -OCH3 is 1. The SMILES string of the molecule is COc1ccc(C)cc1NC(=O)/C(C#N)=C\Nc1cc(C)ccn1. The number of aromatic nitrogens is 1. The molecule has 0 saturated heterocycles. The van der Waals surface area contributed by atoms with Gasteiger partial charge < -0.3 is 15.4 Å². The van der Waals surface area contributed by atoms with E-state index in [9.17, 15) is 10.1 Å². The van der Waals surface area contributed by atoms with E-state index >= 15 is 0 Å². The fourth-order valence-electron chi connectivity index (χ4n) is 2.02. The first-order valence-electron chi connectivity index (χ1n) is 7.29. The van der Waals surface area contributed by atoms with Crippen LogP contribution in [0.25, 0.3) is 0 Å². The Hall–Kier alpha value is -3.33. The summed E-state index contributed by atoms with van der Waals surface area (Å²) in [6, 6.07) is 11.0. The van der Waals surface area contributed by atoms with Crippen molar-refractivity contribution in [3.05, 3.63) is 59.4 Å². The number of pyridine rings is 1. The van der Waals surface area contributed by atoms with Crippen molar-refractivity contribution in [1.29, 1.82) is 5.26 Å². The molecule has 0 spiro atoms. The second-order valence-electron chi connectivity index (χ2n) is 5.19. The molecule has 0 atom stereocenters. The van der Waals surface area contributed by atoms with Gasteiger partial charge in [-0.2, -0.15) is 5.26 Å². The van der Waals surface area contributed by atoms with E-state index in [0.717, 1.165) is 11.1 Å². The topological polar surface area (TPSA) is 87.0 Å². The quantitative estimate of drug-likeness (QED) is 0.652. The van der Waals surface area contributed by atoms with Crippen LogP contribution in [0.1, 0.15) is 11.1 Å². The number of carbonyl (C=O) groups is 1. The minimum absolute atomic E-state index is 0.0677. The first-order valence-corrected chi connectivity index (χ1v) is 7.29. The highest BCUT2D eigenvalue weighted by Gasteiger charge is 2.12. The average Bonchev–Trinajstić information content (AvgIpc) is 2.55. The van der Waals surface area contributed by atoms with Crippen LogP contribution in [0.5, 0.6) is 5.75 Å². The second-order valence-corrected chi connectivity index (χ2v) is 5.19. The average molecular weight is 322 g/mol. The van der Waals surface area contributed by atoms with Crippen LogP contribution in [-0.2, 0) is 4.79 Å². The van der Waals surface area contributed by atoms with Gasteiger partial charge in [0.2, 0.25) is 0 Å². The van der Waals surface area contributed by atoms with Gasteiger partial charge in [0.15, 0.2) is 0 Å². The highest BCUT2D eigenvalue weighted by atomic mass is 16.5. The van der Waals surface area contributed by atoms with Crippen LogP contribution in [-0.4, -0.2) is 18.0 Å². The second kappa shape index (κ2) is 7.79. The van der Waals surface area contributed by atoms with E-state index in [4.69, 9.17) is 4.74 Å². The Bertz CT molecular complexity index is 822. The number of nitrogens with zero attached hydrogens (tertiary/aromatic N) is 2. The van der Waals surface area contributed by atoms with Gasteiger partial charge in [-0.25, -0.2) is 4.98 Å². The van der Waals surface area contributed by atoms with Gasteiger partial charge in [0, 0.05) is 12.4 Å². The number of anilines is 2. The number of ether oxygens (including phenoxy) is 1. The normalized spacial score (nSPS) is 10.7. The van der Waals surface area contributed by atoms with Crippen LogP contribution < -0.4 is 15.4 Å². The van der Waals surface area contributed by atoms with E-state index in [1.54, 1.807) is 18.3 Å². The van der Waals surface area contributed by atoms with Gasteiger partial charge >= 0.3 is 0 Å². The third-order valence-corrected chi connectivity index (χ3v) is 3.25. The zero-order valence-electron chi connectivity index (χ0n) is 13.8. The fourth-order valence-corrected chi connectivity index (χ4v) is 2.02. The molecule has 0 saturated carbocycles. The van der Waals surface area contributed by atoms with Gasteiger partial charge in [0.25, 0.3) is 5.91 Å². The van der Waals surface area contributed by atoms with Crippen LogP contribution in [0.4, 0.5) is 11.5 Å². The van der Waals surface area contributed by atoms with E-state index in [2.05, 4.69) is 15.6 Å². The van der Waals surface area contributed by atoms with Gasteiger partial charge in [-0.15, -0.1) is 0 Å². The summed E-state index contributed by atoms with van der Waals surface area (Å²) >= 11 is 0. The lowest BCUT2D eigenvalue weighted by molar-refractivity contribution is -0.112. The molecule has 1 amide bonds. The summed E-state index contributed by atoms with van der Waals surface area (Å²) in [5.74, 6) is 0.560. The number of aryl methyl sites for hydroxylation is 2. The molecule has 2 rings (SSSR count). The molecule has 6 nitrogen and oxygen atoms in total. The Labute approximate surface area is 140 Å². The molecule has 0 fully saturated rings. The maximum absolute atomic E-state index is 12.3. The molecule has 0 aliphatic carbocycles. The molecule has 0 unspecified atom stereocenters. The largest absolute Gasteiger partial charge is 0.495 e. The lowest BCUT2D eigenvalue weighted by Gasteiger charge is -2.10. The van der Waals surface area contributed by atoms with E-state index in [-0.39, 0.29) is 5.57 Å². The summed E-state index contributed by atoms with van der Waals surface area (Å²) in [7, 11) is 1.52. The number of carbonyl (C=O) groups excluding carboxylic acids is 1. The minimum Gasteiger partial charge on any atom is -0.495 e. The van der Waals surface area contributed by atoms with E-state index < -0.39 is 5.91 Å². The Morgan fingerprint density at radius 1 is 1.25 bits per heavy atom. The number of nitrogens with one attached hydrogen (secondary N) is 2. The van der Waals surface area contributed by atoms with Gasteiger partial charge in [0.1, 0.15) is 23.2 Å². The predicted molar refractivity (Wildman–Crippen MR) is 92.7 cm³/mol. The molecule has 1 aromatic carbocycles.